The molecular formula is C16H18N4S. The van der Waals surface area contributed by atoms with Crippen LogP contribution in [0.3, 0.4) is 0 Å². The van der Waals surface area contributed by atoms with E-state index in [1.165, 1.54) is 16.8 Å². The lowest BCUT2D eigenvalue weighted by atomic mass is 10.2. The first-order chi connectivity index (χ1) is 10.1. The van der Waals surface area contributed by atoms with E-state index in [0.29, 0.717) is 0 Å². The first-order valence-electron chi connectivity index (χ1n) is 6.84. The summed E-state index contributed by atoms with van der Waals surface area (Å²) in [5.41, 5.74) is 3.66. The number of rotatable bonds is 4. The second-order valence-electron chi connectivity index (χ2n) is 5.24. The molecule has 0 radical (unpaired) electrons. The summed E-state index contributed by atoms with van der Waals surface area (Å²) in [6.45, 7) is 2.86. The topological polar surface area (TPSA) is 41.1 Å². The van der Waals surface area contributed by atoms with Gasteiger partial charge in [0.25, 0.3) is 0 Å². The number of hydrogen-bond donors (Lipinski definition) is 1. The number of fused-ring (bicyclic) bond motifs is 1. The maximum absolute atomic E-state index is 4.38. The number of nitrogens with one attached hydrogen (secondary N) is 1. The Balaban J connectivity index is 1.78. The van der Waals surface area contributed by atoms with E-state index in [2.05, 4.69) is 56.8 Å². The molecule has 0 aliphatic carbocycles. The molecular weight excluding hydrogens is 280 g/mol. The fourth-order valence-electron chi connectivity index (χ4n) is 2.25. The Hall–Kier alpha value is -2.14. The molecule has 0 atom stereocenters. The van der Waals surface area contributed by atoms with Crippen molar-refractivity contribution in [1.29, 1.82) is 0 Å². The quantitative estimate of drug-likeness (QED) is 0.798. The highest BCUT2D eigenvalue weighted by molar-refractivity contribution is 7.17. The summed E-state index contributed by atoms with van der Waals surface area (Å²) in [7, 11) is 4.09. The third kappa shape index (κ3) is 2.83. The first-order valence-corrected chi connectivity index (χ1v) is 7.72. The second-order valence-corrected chi connectivity index (χ2v) is 6.09. The lowest BCUT2D eigenvalue weighted by Gasteiger charge is -2.13. The molecule has 0 saturated carbocycles. The smallest absolute Gasteiger partial charge is 0.138 e. The molecule has 2 aromatic heterocycles. The van der Waals surface area contributed by atoms with Crippen LogP contribution in [0.1, 0.15) is 11.1 Å². The molecule has 0 aliphatic heterocycles. The maximum Gasteiger partial charge on any atom is 0.138 e. The number of aryl methyl sites for hydroxylation is 1. The van der Waals surface area contributed by atoms with Crippen LogP contribution in [0.4, 0.5) is 11.5 Å². The van der Waals surface area contributed by atoms with Gasteiger partial charge in [-0.2, -0.15) is 0 Å². The van der Waals surface area contributed by atoms with Crippen molar-refractivity contribution in [2.75, 3.05) is 24.3 Å². The molecule has 3 rings (SSSR count). The summed E-state index contributed by atoms with van der Waals surface area (Å²) in [5.74, 6) is 0.912. The molecule has 1 N–H and O–H groups in total. The molecule has 3 aromatic rings. The zero-order valence-electron chi connectivity index (χ0n) is 12.4. The van der Waals surface area contributed by atoms with Crippen molar-refractivity contribution in [3.8, 4) is 0 Å². The lowest BCUT2D eigenvalue weighted by Crippen LogP contribution is -2.08. The van der Waals surface area contributed by atoms with Gasteiger partial charge in [0.2, 0.25) is 0 Å². The van der Waals surface area contributed by atoms with E-state index >= 15 is 0 Å². The minimum atomic E-state index is 0.759. The molecule has 5 heteroatoms. The molecule has 0 fully saturated rings. The van der Waals surface area contributed by atoms with Crippen LogP contribution in [0, 0.1) is 6.92 Å². The molecule has 4 nitrogen and oxygen atoms in total. The van der Waals surface area contributed by atoms with Gasteiger partial charge in [-0.3, -0.25) is 0 Å². The van der Waals surface area contributed by atoms with E-state index in [1.54, 1.807) is 17.7 Å². The van der Waals surface area contributed by atoms with Crippen LogP contribution < -0.4 is 10.2 Å². The number of nitrogens with zero attached hydrogens (tertiary/aromatic N) is 3. The van der Waals surface area contributed by atoms with Gasteiger partial charge < -0.3 is 10.2 Å². The Kier molecular flexibility index (Phi) is 3.75. The van der Waals surface area contributed by atoms with Crippen LogP contribution >= 0.6 is 11.3 Å². The van der Waals surface area contributed by atoms with E-state index < -0.39 is 0 Å². The third-order valence-corrected chi connectivity index (χ3v) is 4.47. The molecule has 0 amide bonds. The summed E-state index contributed by atoms with van der Waals surface area (Å²) in [4.78, 5) is 11.8. The van der Waals surface area contributed by atoms with Crippen molar-refractivity contribution in [2.24, 2.45) is 0 Å². The zero-order valence-corrected chi connectivity index (χ0v) is 13.2. The van der Waals surface area contributed by atoms with Crippen LogP contribution in [0.2, 0.25) is 0 Å². The van der Waals surface area contributed by atoms with E-state index in [9.17, 15) is 0 Å². The van der Waals surface area contributed by atoms with Crippen LogP contribution in [-0.2, 0) is 6.54 Å². The van der Waals surface area contributed by atoms with Crippen LogP contribution in [0.5, 0.6) is 0 Å². The highest BCUT2D eigenvalue weighted by Crippen LogP contribution is 2.28. The normalized spacial score (nSPS) is 10.8. The highest BCUT2D eigenvalue weighted by Gasteiger charge is 2.08. The second kappa shape index (κ2) is 5.69. The Morgan fingerprint density at radius 3 is 2.62 bits per heavy atom. The predicted octanol–water partition coefficient (Wildman–Crippen LogP) is 3.68. The number of thiophene rings is 1. The molecule has 0 saturated heterocycles. The van der Waals surface area contributed by atoms with Crippen molar-refractivity contribution < 1.29 is 0 Å². The lowest BCUT2D eigenvalue weighted by molar-refractivity contribution is 1.09. The SMILES string of the molecule is Cc1csc2ncnc(NCc3ccc(N(C)C)cc3)c12. The van der Waals surface area contributed by atoms with Crippen molar-refractivity contribution in [2.45, 2.75) is 13.5 Å². The molecule has 0 spiro atoms. The summed E-state index contributed by atoms with van der Waals surface area (Å²) < 4.78 is 0. The van der Waals surface area contributed by atoms with E-state index in [4.69, 9.17) is 0 Å². The monoisotopic (exact) mass is 298 g/mol. The van der Waals surface area contributed by atoms with Crippen LogP contribution in [-0.4, -0.2) is 24.1 Å². The fraction of sp³-hybridized carbons (Fsp3) is 0.250. The van der Waals surface area contributed by atoms with Crippen molar-refractivity contribution >= 4 is 33.1 Å². The summed E-state index contributed by atoms with van der Waals surface area (Å²) in [6.07, 6.45) is 1.62. The minimum absolute atomic E-state index is 0.759. The van der Waals surface area contributed by atoms with E-state index in [1.807, 2.05) is 14.1 Å². The number of benzene rings is 1. The summed E-state index contributed by atoms with van der Waals surface area (Å²) in [5, 5.41) is 6.67. The van der Waals surface area contributed by atoms with Gasteiger partial charge in [0.15, 0.2) is 0 Å². The van der Waals surface area contributed by atoms with Gasteiger partial charge in [-0.05, 0) is 35.6 Å². The number of hydrogen-bond acceptors (Lipinski definition) is 5. The Morgan fingerprint density at radius 1 is 1.14 bits per heavy atom. The Bertz CT molecular complexity index is 747. The molecule has 2 heterocycles. The summed E-state index contributed by atoms with van der Waals surface area (Å²) in [6, 6.07) is 8.53. The van der Waals surface area contributed by atoms with E-state index in [0.717, 1.165) is 22.6 Å². The average Bonchev–Trinajstić information content (AvgIpc) is 2.88. The van der Waals surface area contributed by atoms with Gasteiger partial charge in [-0.15, -0.1) is 11.3 Å². The molecule has 0 unspecified atom stereocenters. The Labute approximate surface area is 128 Å². The first kappa shape index (κ1) is 13.8. The van der Waals surface area contributed by atoms with Gasteiger partial charge in [0.1, 0.15) is 17.0 Å². The molecule has 0 bridgehead atoms. The minimum Gasteiger partial charge on any atom is -0.378 e. The van der Waals surface area contributed by atoms with Gasteiger partial charge in [-0.25, -0.2) is 9.97 Å². The zero-order chi connectivity index (χ0) is 14.8. The van der Waals surface area contributed by atoms with Crippen LogP contribution in [0.25, 0.3) is 10.2 Å². The third-order valence-electron chi connectivity index (χ3n) is 3.47. The average molecular weight is 298 g/mol. The Morgan fingerprint density at radius 2 is 1.90 bits per heavy atom. The number of anilines is 2. The standard InChI is InChI=1S/C16H18N4S/c1-11-9-21-16-14(11)15(18-10-19-16)17-8-12-4-6-13(7-5-12)20(2)3/h4-7,9-10H,8H2,1-3H3,(H,17,18,19). The van der Waals surface area contributed by atoms with Gasteiger partial charge in [-0.1, -0.05) is 12.1 Å². The molecule has 0 aliphatic rings. The van der Waals surface area contributed by atoms with Crippen molar-refractivity contribution in [3.63, 3.8) is 0 Å². The van der Waals surface area contributed by atoms with Gasteiger partial charge >= 0.3 is 0 Å². The van der Waals surface area contributed by atoms with Gasteiger partial charge in [0, 0.05) is 26.3 Å². The highest BCUT2D eigenvalue weighted by atomic mass is 32.1. The maximum atomic E-state index is 4.38. The molecule has 21 heavy (non-hydrogen) atoms. The molecule has 108 valence electrons. The largest absolute Gasteiger partial charge is 0.378 e. The van der Waals surface area contributed by atoms with Crippen LogP contribution in [0.15, 0.2) is 36.0 Å². The van der Waals surface area contributed by atoms with E-state index in [-0.39, 0.29) is 0 Å². The number of aromatic nitrogens is 2. The van der Waals surface area contributed by atoms with Gasteiger partial charge in [0.05, 0.1) is 5.39 Å². The summed E-state index contributed by atoms with van der Waals surface area (Å²) >= 11 is 1.66. The van der Waals surface area contributed by atoms with Crippen molar-refractivity contribution in [3.05, 3.63) is 47.1 Å². The molecule has 1 aromatic carbocycles. The van der Waals surface area contributed by atoms with Crippen molar-refractivity contribution in [1.82, 2.24) is 9.97 Å². The fourth-order valence-corrected chi connectivity index (χ4v) is 3.14. The predicted molar refractivity (Wildman–Crippen MR) is 90.2 cm³/mol.